The highest BCUT2D eigenvalue weighted by Crippen LogP contribution is 2.23. The molecule has 1 aliphatic rings. The molecule has 21 heavy (non-hydrogen) atoms. The number of pyridine rings is 1. The molecule has 0 saturated carbocycles. The average molecular weight is 301 g/mol. The summed E-state index contributed by atoms with van der Waals surface area (Å²) in [5.41, 5.74) is 0. The van der Waals surface area contributed by atoms with Crippen molar-refractivity contribution in [3.8, 4) is 5.75 Å². The van der Waals surface area contributed by atoms with Crippen LogP contribution in [0.4, 0.5) is 4.79 Å². The minimum Gasteiger partial charge on any atom is -0.490 e. The molecular weight excluding hydrogens is 286 g/mol. The number of carbonyl (C=O) groups excluding carboxylic acids is 1. The van der Waals surface area contributed by atoms with Gasteiger partial charge in [-0.05, 0) is 0 Å². The second kappa shape index (κ2) is 6.33. The van der Waals surface area contributed by atoms with Gasteiger partial charge in [0, 0.05) is 12.1 Å². The highest BCUT2D eigenvalue weighted by molar-refractivity contribution is 5.50. The van der Waals surface area contributed by atoms with E-state index >= 15 is 0 Å². The summed E-state index contributed by atoms with van der Waals surface area (Å²) >= 11 is 0. The SMILES string of the molecule is O=C([O-])[n+]1ccc(O[C@@H]2O[C@H](CO)[C@H](O)[C@H](O)[C@H]2O)cc1. The topological polar surface area (TPSA) is 143 Å². The van der Waals surface area contributed by atoms with Gasteiger partial charge in [-0.15, -0.1) is 0 Å². The number of ether oxygens (including phenoxy) is 2. The van der Waals surface area contributed by atoms with Crippen molar-refractivity contribution in [3.05, 3.63) is 24.5 Å². The van der Waals surface area contributed by atoms with Crippen LogP contribution in [0.2, 0.25) is 0 Å². The molecule has 0 spiro atoms. The summed E-state index contributed by atoms with van der Waals surface area (Å²) in [5, 5.41) is 48.6. The monoisotopic (exact) mass is 301 g/mol. The minimum absolute atomic E-state index is 0.164. The van der Waals surface area contributed by atoms with Crippen molar-refractivity contribution in [1.82, 2.24) is 0 Å². The Kier molecular flexibility index (Phi) is 4.70. The fourth-order valence-corrected chi connectivity index (χ4v) is 1.91. The number of carbonyl (C=O) groups is 1. The Morgan fingerprint density at radius 3 is 2.38 bits per heavy atom. The fraction of sp³-hybridized carbons (Fsp3) is 0.500. The number of hydrogen-bond donors (Lipinski definition) is 4. The Labute approximate surface area is 119 Å². The second-order valence-corrected chi connectivity index (χ2v) is 4.52. The van der Waals surface area contributed by atoms with Gasteiger partial charge in [0.1, 0.15) is 30.2 Å². The molecule has 0 aliphatic carbocycles. The van der Waals surface area contributed by atoms with Crippen LogP contribution < -0.4 is 14.4 Å². The molecule has 4 N–H and O–H groups in total. The van der Waals surface area contributed by atoms with Crippen LogP contribution >= 0.6 is 0 Å². The molecular formula is C12H15NO8. The van der Waals surface area contributed by atoms with Gasteiger partial charge in [0.2, 0.25) is 6.29 Å². The first kappa shape index (κ1) is 15.6. The Morgan fingerprint density at radius 2 is 1.86 bits per heavy atom. The smallest absolute Gasteiger partial charge is 0.343 e. The van der Waals surface area contributed by atoms with Crippen molar-refractivity contribution in [2.24, 2.45) is 0 Å². The van der Waals surface area contributed by atoms with Gasteiger partial charge in [-0.1, -0.05) is 0 Å². The third-order valence-electron chi connectivity index (χ3n) is 3.11. The van der Waals surface area contributed by atoms with E-state index in [4.69, 9.17) is 14.6 Å². The molecule has 1 aromatic heterocycles. The van der Waals surface area contributed by atoms with Crippen molar-refractivity contribution >= 4 is 6.09 Å². The van der Waals surface area contributed by atoms with Gasteiger partial charge in [0.05, 0.1) is 6.61 Å². The summed E-state index contributed by atoms with van der Waals surface area (Å²) in [7, 11) is 0. The normalized spacial score (nSPS) is 32.7. The van der Waals surface area contributed by atoms with Crippen molar-refractivity contribution in [2.45, 2.75) is 30.7 Å². The molecule has 5 atom stereocenters. The maximum Gasteiger partial charge on any atom is 0.343 e. The zero-order valence-electron chi connectivity index (χ0n) is 10.8. The standard InChI is InChI=1S/C12H15NO8/c14-5-7-8(15)9(16)10(17)11(21-7)20-6-1-3-13(4-2-6)12(18)19/h1-4,7-11,14-17H,5H2/t7-,8+,9+,10-,11-/m1/s1. The number of aliphatic hydroxyl groups is 4. The Balaban J connectivity index is 2.08. The van der Waals surface area contributed by atoms with Crippen LogP contribution in [0.15, 0.2) is 24.5 Å². The minimum atomic E-state index is -1.54. The van der Waals surface area contributed by atoms with Crippen LogP contribution in [0.3, 0.4) is 0 Å². The molecule has 0 unspecified atom stereocenters. The largest absolute Gasteiger partial charge is 0.490 e. The lowest BCUT2D eigenvalue weighted by Gasteiger charge is -2.39. The second-order valence-electron chi connectivity index (χ2n) is 4.52. The summed E-state index contributed by atoms with van der Waals surface area (Å²) in [6, 6.07) is 2.58. The number of rotatable bonds is 3. The quantitative estimate of drug-likeness (QED) is 0.418. The van der Waals surface area contributed by atoms with E-state index in [1.807, 2.05) is 0 Å². The van der Waals surface area contributed by atoms with Crippen LogP contribution in [0.1, 0.15) is 0 Å². The molecule has 0 bridgehead atoms. The molecule has 1 aromatic rings. The highest BCUT2D eigenvalue weighted by atomic mass is 16.7. The maximum absolute atomic E-state index is 10.6. The van der Waals surface area contributed by atoms with Gasteiger partial charge in [-0.2, -0.15) is 4.57 Å². The number of carboxylic acid groups (broad SMARTS) is 1. The van der Waals surface area contributed by atoms with Crippen molar-refractivity contribution in [1.29, 1.82) is 0 Å². The molecule has 0 radical (unpaired) electrons. The van der Waals surface area contributed by atoms with Gasteiger partial charge < -0.3 is 39.8 Å². The van der Waals surface area contributed by atoms with Gasteiger partial charge in [-0.3, -0.25) is 0 Å². The zero-order chi connectivity index (χ0) is 15.6. The average Bonchev–Trinajstić information content (AvgIpc) is 2.48. The summed E-state index contributed by atoms with van der Waals surface area (Å²) in [6.07, 6.45) is -6.04. The first-order valence-electron chi connectivity index (χ1n) is 6.14. The molecule has 2 rings (SSSR count). The van der Waals surface area contributed by atoms with E-state index in [0.717, 1.165) is 17.0 Å². The van der Waals surface area contributed by atoms with Gasteiger partial charge in [-0.25, -0.2) is 0 Å². The molecule has 9 nitrogen and oxygen atoms in total. The number of aliphatic hydroxyl groups excluding tert-OH is 4. The van der Waals surface area contributed by atoms with E-state index in [9.17, 15) is 25.2 Å². The van der Waals surface area contributed by atoms with Crippen LogP contribution in [-0.2, 0) is 4.74 Å². The molecule has 9 heteroatoms. The molecule has 1 aliphatic heterocycles. The number of aromatic nitrogens is 1. The molecule has 0 aromatic carbocycles. The van der Waals surface area contributed by atoms with Gasteiger partial charge >= 0.3 is 6.09 Å². The van der Waals surface area contributed by atoms with Crippen molar-refractivity contribution in [2.75, 3.05) is 6.61 Å². The van der Waals surface area contributed by atoms with Gasteiger partial charge in [0.25, 0.3) is 0 Å². The van der Waals surface area contributed by atoms with E-state index in [1.54, 1.807) is 0 Å². The third kappa shape index (κ3) is 3.28. The maximum atomic E-state index is 10.6. The first-order valence-corrected chi connectivity index (χ1v) is 6.14. The summed E-state index contributed by atoms with van der Waals surface area (Å²) in [5.74, 6) is 0.164. The van der Waals surface area contributed by atoms with E-state index in [0.29, 0.717) is 0 Å². The van der Waals surface area contributed by atoms with Crippen LogP contribution in [0, 0.1) is 0 Å². The van der Waals surface area contributed by atoms with Gasteiger partial charge in [0.15, 0.2) is 12.4 Å². The molecule has 116 valence electrons. The van der Waals surface area contributed by atoms with E-state index in [1.165, 1.54) is 12.1 Å². The third-order valence-corrected chi connectivity index (χ3v) is 3.11. The predicted octanol–water partition coefficient (Wildman–Crippen LogP) is -3.66. The fourth-order valence-electron chi connectivity index (χ4n) is 1.91. The molecule has 0 amide bonds. The lowest BCUT2D eigenvalue weighted by Crippen LogP contribution is -2.60. The number of hydrogen-bond acceptors (Lipinski definition) is 8. The highest BCUT2D eigenvalue weighted by Gasteiger charge is 2.44. The van der Waals surface area contributed by atoms with E-state index in [2.05, 4.69) is 0 Å². The molecule has 1 fully saturated rings. The van der Waals surface area contributed by atoms with Crippen LogP contribution in [-0.4, -0.2) is 63.8 Å². The number of nitrogens with zero attached hydrogens (tertiary/aromatic N) is 1. The Hall–Kier alpha value is -1.78. The van der Waals surface area contributed by atoms with Crippen LogP contribution in [0.25, 0.3) is 0 Å². The van der Waals surface area contributed by atoms with E-state index in [-0.39, 0.29) is 5.75 Å². The van der Waals surface area contributed by atoms with E-state index < -0.39 is 43.4 Å². The predicted molar refractivity (Wildman–Crippen MR) is 61.8 cm³/mol. The molecule has 2 heterocycles. The lowest BCUT2D eigenvalue weighted by atomic mass is 9.99. The molecule has 1 saturated heterocycles. The Morgan fingerprint density at radius 1 is 1.24 bits per heavy atom. The van der Waals surface area contributed by atoms with Crippen LogP contribution in [0.5, 0.6) is 5.75 Å². The lowest BCUT2D eigenvalue weighted by molar-refractivity contribution is -0.631. The first-order chi connectivity index (χ1) is 9.93. The summed E-state index contributed by atoms with van der Waals surface area (Å²) < 4.78 is 11.2. The zero-order valence-corrected chi connectivity index (χ0v) is 10.8. The Bertz CT molecular complexity index is 491. The summed E-state index contributed by atoms with van der Waals surface area (Å²) in [6.45, 7) is -0.565. The van der Waals surface area contributed by atoms with Crippen molar-refractivity contribution in [3.63, 3.8) is 0 Å². The van der Waals surface area contributed by atoms with Crippen molar-refractivity contribution < 1.29 is 44.4 Å². The summed E-state index contributed by atoms with van der Waals surface area (Å²) in [4.78, 5) is 10.6.